The first kappa shape index (κ1) is 26.7. The van der Waals surface area contributed by atoms with Gasteiger partial charge in [-0.15, -0.1) is 0 Å². The third-order valence-corrected chi connectivity index (χ3v) is 9.02. The number of aromatic carboxylic acids is 1. The van der Waals surface area contributed by atoms with Crippen LogP contribution < -0.4 is 0 Å². The number of aryl methyl sites for hydroxylation is 1. The Morgan fingerprint density at radius 3 is 2.64 bits per heavy atom. The van der Waals surface area contributed by atoms with Crippen molar-refractivity contribution in [3.63, 3.8) is 0 Å². The molecule has 42 heavy (non-hydrogen) atoms. The van der Waals surface area contributed by atoms with Gasteiger partial charge in [-0.05, 0) is 48.1 Å². The van der Waals surface area contributed by atoms with Crippen molar-refractivity contribution in [2.24, 2.45) is 0 Å². The van der Waals surface area contributed by atoms with Gasteiger partial charge in [0.05, 0.1) is 37.2 Å². The van der Waals surface area contributed by atoms with Crippen molar-refractivity contribution in [2.45, 2.75) is 57.4 Å². The molecule has 1 amide bonds. The van der Waals surface area contributed by atoms with Crippen LogP contribution in [0.15, 0.2) is 53.1 Å². The van der Waals surface area contributed by atoms with E-state index in [1.807, 2.05) is 23.1 Å². The first-order valence-corrected chi connectivity index (χ1v) is 15.1. The lowest BCUT2D eigenvalue weighted by atomic mass is 9.81. The molecule has 2 fully saturated rings. The van der Waals surface area contributed by atoms with Crippen LogP contribution in [0.4, 0.5) is 0 Å². The van der Waals surface area contributed by atoms with Crippen LogP contribution in [0.1, 0.15) is 77.6 Å². The molecular weight excluding hydrogens is 530 g/mol. The predicted molar refractivity (Wildman–Crippen MR) is 160 cm³/mol. The van der Waals surface area contributed by atoms with Crippen molar-refractivity contribution in [1.29, 1.82) is 0 Å². The van der Waals surface area contributed by atoms with Crippen molar-refractivity contribution >= 4 is 34.4 Å². The van der Waals surface area contributed by atoms with Gasteiger partial charge in [0.15, 0.2) is 0 Å². The van der Waals surface area contributed by atoms with Gasteiger partial charge in [0, 0.05) is 48.0 Å². The number of fused-ring (bicyclic) bond motifs is 5. The molecule has 0 radical (unpaired) electrons. The van der Waals surface area contributed by atoms with Gasteiger partial charge >= 0.3 is 5.97 Å². The van der Waals surface area contributed by atoms with Crippen LogP contribution in [0.3, 0.4) is 0 Å². The molecule has 0 spiro atoms. The molecule has 1 N–H and O–H groups in total. The second-order valence-corrected chi connectivity index (χ2v) is 11.6. The van der Waals surface area contributed by atoms with Crippen LogP contribution in [0.2, 0.25) is 0 Å². The number of nitrogens with zero attached hydrogens (tertiary/aromatic N) is 3. The highest BCUT2D eigenvalue weighted by Crippen LogP contribution is 2.47. The van der Waals surface area contributed by atoms with Crippen molar-refractivity contribution in [1.82, 2.24) is 14.5 Å². The number of aromatic nitrogens is 2. The average Bonchev–Trinajstić information content (AvgIpc) is 3.58. The zero-order valence-electron chi connectivity index (χ0n) is 23.7. The summed E-state index contributed by atoms with van der Waals surface area (Å²) in [7, 11) is 0. The topological polar surface area (TPSA) is 97.8 Å². The fourth-order valence-corrected chi connectivity index (χ4v) is 6.91. The molecule has 0 atom stereocenters. The standard InChI is InChI=1S/C34H35N3O5/c38-30(36-14-16-41-17-15-36)13-11-26-20-35-33(42-26)25-18-23-8-4-5-9-27(23)32-31(22-6-2-1-3-7-22)28-12-10-24(34(39)40)19-29(28)37(32)21-25/h4-5,8-10,12,18-20,22H,1-3,6-7,11,13-17,21H2,(H,39,40). The molecule has 8 nitrogen and oxygen atoms in total. The Bertz CT molecular complexity index is 1680. The summed E-state index contributed by atoms with van der Waals surface area (Å²) in [5, 5.41) is 11.0. The van der Waals surface area contributed by atoms with E-state index in [1.54, 1.807) is 12.3 Å². The van der Waals surface area contributed by atoms with Crippen LogP contribution >= 0.6 is 0 Å². The van der Waals surface area contributed by atoms with Gasteiger partial charge in [-0.25, -0.2) is 9.78 Å². The predicted octanol–water partition coefficient (Wildman–Crippen LogP) is 6.39. The summed E-state index contributed by atoms with van der Waals surface area (Å²) in [6.45, 7) is 2.93. The van der Waals surface area contributed by atoms with Gasteiger partial charge in [0.2, 0.25) is 11.8 Å². The Morgan fingerprint density at radius 1 is 1.02 bits per heavy atom. The summed E-state index contributed by atoms with van der Waals surface area (Å²) < 4.78 is 13.9. The minimum atomic E-state index is -0.930. The van der Waals surface area contributed by atoms with Crippen LogP contribution in [-0.2, 0) is 22.5 Å². The molecule has 2 aliphatic heterocycles. The molecule has 0 bridgehead atoms. The van der Waals surface area contributed by atoms with Crippen LogP contribution in [0.25, 0.3) is 33.8 Å². The maximum atomic E-state index is 12.7. The van der Waals surface area contributed by atoms with E-state index in [4.69, 9.17) is 9.15 Å². The molecule has 0 unspecified atom stereocenters. The van der Waals surface area contributed by atoms with Gasteiger partial charge in [-0.2, -0.15) is 0 Å². The summed E-state index contributed by atoms with van der Waals surface area (Å²) in [6.07, 6.45) is 10.7. The number of oxazole rings is 1. The number of amides is 1. The van der Waals surface area contributed by atoms with Gasteiger partial charge in [0.1, 0.15) is 5.76 Å². The van der Waals surface area contributed by atoms with Crippen molar-refractivity contribution in [3.8, 4) is 11.3 Å². The number of allylic oxidation sites excluding steroid dienone is 1. The SMILES string of the molecule is O=C(O)c1ccc2c(C3CCCCC3)c3n(c2c1)CC(c1ncc(CCC(=O)N2CCOCC2)o1)=Cc1ccccc1-3. The number of carboxylic acid groups (broad SMARTS) is 1. The summed E-state index contributed by atoms with van der Waals surface area (Å²) in [6, 6.07) is 14.0. The molecule has 1 saturated heterocycles. The van der Waals surface area contributed by atoms with Gasteiger partial charge in [0.25, 0.3) is 0 Å². The molecule has 7 rings (SSSR count). The van der Waals surface area contributed by atoms with E-state index in [0.29, 0.717) is 63.3 Å². The van der Waals surface area contributed by atoms with E-state index in [0.717, 1.165) is 40.4 Å². The second-order valence-electron chi connectivity index (χ2n) is 11.6. The minimum Gasteiger partial charge on any atom is -0.478 e. The van der Waals surface area contributed by atoms with Gasteiger partial charge < -0.3 is 23.7 Å². The number of carboxylic acids is 1. The molecule has 216 valence electrons. The number of carbonyl (C=O) groups is 2. The Morgan fingerprint density at radius 2 is 1.83 bits per heavy atom. The molecular formula is C34H35N3O5. The molecule has 2 aromatic carbocycles. The van der Waals surface area contributed by atoms with E-state index in [-0.39, 0.29) is 11.5 Å². The molecule has 1 saturated carbocycles. The monoisotopic (exact) mass is 565 g/mol. The zero-order chi connectivity index (χ0) is 28.6. The molecule has 4 heterocycles. The largest absolute Gasteiger partial charge is 0.478 e. The Labute approximate surface area is 244 Å². The Hall–Kier alpha value is -4.17. The smallest absolute Gasteiger partial charge is 0.335 e. The van der Waals surface area contributed by atoms with Crippen molar-refractivity contribution < 1.29 is 23.8 Å². The number of carbonyl (C=O) groups excluding carboxylic acids is 1. The van der Waals surface area contributed by atoms with Crippen molar-refractivity contribution in [3.05, 3.63) is 77.0 Å². The lowest BCUT2D eigenvalue weighted by Gasteiger charge is -2.26. The summed E-state index contributed by atoms with van der Waals surface area (Å²) in [5.41, 5.74) is 6.86. The van der Waals surface area contributed by atoms with Gasteiger partial charge in [-0.3, -0.25) is 4.79 Å². The lowest BCUT2D eigenvalue weighted by Crippen LogP contribution is -2.40. The molecule has 8 heteroatoms. The number of rotatable bonds is 6. The first-order chi connectivity index (χ1) is 20.6. The highest BCUT2D eigenvalue weighted by atomic mass is 16.5. The number of benzene rings is 2. The maximum absolute atomic E-state index is 12.7. The minimum absolute atomic E-state index is 0.104. The highest BCUT2D eigenvalue weighted by Gasteiger charge is 2.30. The first-order valence-electron chi connectivity index (χ1n) is 15.1. The third-order valence-electron chi connectivity index (χ3n) is 9.02. The second kappa shape index (κ2) is 11.2. The van der Waals surface area contributed by atoms with E-state index in [2.05, 4.69) is 33.8 Å². The fraction of sp³-hybridized carbons (Fsp3) is 0.382. The van der Waals surface area contributed by atoms with Crippen molar-refractivity contribution in [2.75, 3.05) is 26.3 Å². The quantitative estimate of drug-likeness (QED) is 0.291. The Kier molecular flexibility index (Phi) is 7.15. The number of hydrogen-bond donors (Lipinski definition) is 1. The number of morpholine rings is 1. The van der Waals surface area contributed by atoms with Gasteiger partial charge in [-0.1, -0.05) is 49.6 Å². The summed E-state index contributed by atoms with van der Waals surface area (Å²) >= 11 is 0. The van der Waals surface area contributed by atoms with E-state index >= 15 is 0 Å². The van der Waals surface area contributed by atoms with E-state index < -0.39 is 5.97 Å². The molecule has 3 aliphatic rings. The average molecular weight is 566 g/mol. The zero-order valence-corrected chi connectivity index (χ0v) is 23.7. The highest BCUT2D eigenvalue weighted by molar-refractivity contribution is 6.00. The molecule has 1 aliphatic carbocycles. The van der Waals surface area contributed by atoms with Crippen LogP contribution in [0.5, 0.6) is 0 Å². The third kappa shape index (κ3) is 4.94. The van der Waals surface area contributed by atoms with Crippen LogP contribution in [-0.4, -0.2) is 57.7 Å². The van der Waals surface area contributed by atoms with E-state index in [1.165, 1.54) is 30.5 Å². The summed E-state index contributed by atoms with van der Waals surface area (Å²) in [4.78, 5) is 31.2. The maximum Gasteiger partial charge on any atom is 0.335 e. The van der Waals surface area contributed by atoms with E-state index in [9.17, 15) is 14.7 Å². The number of ether oxygens (including phenoxy) is 1. The summed E-state index contributed by atoms with van der Waals surface area (Å²) in [5.74, 6) is 0.813. The normalized spacial score (nSPS) is 17.4. The lowest BCUT2D eigenvalue weighted by molar-refractivity contribution is -0.135. The molecule has 4 aromatic rings. The fourth-order valence-electron chi connectivity index (χ4n) is 6.91. The van der Waals surface area contributed by atoms with Crippen LogP contribution in [0, 0.1) is 0 Å². The Balaban J connectivity index is 1.28. The molecule has 2 aromatic heterocycles. The number of hydrogen-bond acceptors (Lipinski definition) is 5.